The Morgan fingerprint density at radius 1 is 0.929 bits per heavy atom. The van der Waals surface area contributed by atoms with Gasteiger partial charge in [-0.25, -0.2) is 0 Å². The van der Waals surface area contributed by atoms with Crippen LogP contribution in [0.1, 0.15) is 19.8 Å². The van der Waals surface area contributed by atoms with Gasteiger partial charge in [0.1, 0.15) is 0 Å². The molecule has 0 unspecified atom stereocenters. The Morgan fingerprint density at radius 2 is 1.50 bits per heavy atom. The van der Waals surface area contributed by atoms with E-state index in [1.54, 1.807) is 0 Å². The van der Waals surface area contributed by atoms with Gasteiger partial charge in [0.25, 0.3) is 0 Å². The van der Waals surface area contributed by atoms with Crippen LogP contribution in [0.3, 0.4) is 0 Å². The SMILES string of the molecule is CCN1CCN(c2ccc(N3CCC(C(=O)N4CCOCC4)CC3)nn2)CC1. The van der Waals surface area contributed by atoms with Crippen LogP contribution < -0.4 is 9.80 Å². The summed E-state index contributed by atoms with van der Waals surface area (Å²) < 4.78 is 5.35. The number of piperidine rings is 1. The second kappa shape index (κ2) is 9.05. The molecule has 8 heteroatoms. The molecule has 3 fully saturated rings. The topological polar surface area (TPSA) is 65.0 Å². The highest BCUT2D eigenvalue weighted by Crippen LogP contribution is 2.24. The van der Waals surface area contributed by atoms with Crippen molar-refractivity contribution in [3.63, 3.8) is 0 Å². The Balaban J connectivity index is 1.28. The quantitative estimate of drug-likeness (QED) is 0.752. The number of carbonyl (C=O) groups is 1. The van der Waals surface area contributed by atoms with E-state index in [0.717, 1.165) is 83.4 Å². The van der Waals surface area contributed by atoms with Gasteiger partial charge in [-0.3, -0.25) is 4.79 Å². The lowest BCUT2D eigenvalue weighted by Gasteiger charge is -2.36. The maximum absolute atomic E-state index is 12.7. The van der Waals surface area contributed by atoms with E-state index in [9.17, 15) is 4.79 Å². The van der Waals surface area contributed by atoms with Crippen molar-refractivity contribution in [2.75, 3.05) is 81.9 Å². The highest BCUT2D eigenvalue weighted by Gasteiger charge is 2.30. The predicted molar refractivity (Wildman–Crippen MR) is 109 cm³/mol. The monoisotopic (exact) mass is 388 g/mol. The number of amides is 1. The summed E-state index contributed by atoms with van der Waals surface area (Å²) >= 11 is 0. The van der Waals surface area contributed by atoms with E-state index in [4.69, 9.17) is 4.74 Å². The molecule has 3 saturated heterocycles. The van der Waals surface area contributed by atoms with E-state index < -0.39 is 0 Å². The molecule has 1 aromatic heterocycles. The van der Waals surface area contributed by atoms with Gasteiger partial charge in [-0.1, -0.05) is 6.92 Å². The molecule has 0 spiro atoms. The third kappa shape index (κ3) is 4.38. The van der Waals surface area contributed by atoms with E-state index in [2.05, 4.69) is 44.0 Å². The maximum atomic E-state index is 12.7. The van der Waals surface area contributed by atoms with Crippen LogP contribution in [0.15, 0.2) is 12.1 Å². The van der Waals surface area contributed by atoms with Crippen LogP contribution in [-0.4, -0.2) is 98.0 Å². The number of likely N-dealkylation sites (N-methyl/N-ethyl adjacent to an activating group) is 1. The van der Waals surface area contributed by atoms with Gasteiger partial charge < -0.3 is 24.3 Å². The number of morpholine rings is 1. The van der Waals surface area contributed by atoms with Crippen molar-refractivity contribution in [2.45, 2.75) is 19.8 Å². The van der Waals surface area contributed by atoms with Crippen LogP contribution in [-0.2, 0) is 9.53 Å². The van der Waals surface area contributed by atoms with E-state index in [-0.39, 0.29) is 5.92 Å². The summed E-state index contributed by atoms with van der Waals surface area (Å²) in [6.45, 7) is 12.1. The second-order valence-electron chi connectivity index (χ2n) is 7.87. The van der Waals surface area contributed by atoms with Crippen LogP contribution in [0.4, 0.5) is 11.6 Å². The first-order valence-corrected chi connectivity index (χ1v) is 10.7. The number of piperazine rings is 1. The smallest absolute Gasteiger partial charge is 0.225 e. The van der Waals surface area contributed by atoms with Crippen molar-refractivity contribution in [2.24, 2.45) is 5.92 Å². The highest BCUT2D eigenvalue weighted by atomic mass is 16.5. The number of nitrogens with zero attached hydrogens (tertiary/aromatic N) is 6. The Labute approximate surface area is 167 Å². The minimum absolute atomic E-state index is 0.136. The van der Waals surface area contributed by atoms with Crippen molar-refractivity contribution < 1.29 is 9.53 Å². The Bertz CT molecular complexity index is 633. The van der Waals surface area contributed by atoms with Crippen molar-refractivity contribution >= 4 is 17.5 Å². The van der Waals surface area contributed by atoms with E-state index in [1.165, 1.54) is 0 Å². The first-order valence-electron chi connectivity index (χ1n) is 10.7. The molecule has 0 N–H and O–H groups in total. The number of carbonyl (C=O) groups excluding carboxylic acids is 1. The molecule has 0 aromatic carbocycles. The third-order valence-electron chi connectivity index (χ3n) is 6.27. The number of rotatable bonds is 4. The summed E-state index contributed by atoms with van der Waals surface area (Å²) in [5.74, 6) is 2.33. The van der Waals surface area contributed by atoms with Crippen LogP contribution in [0, 0.1) is 5.92 Å². The summed E-state index contributed by atoms with van der Waals surface area (Å²) in [5, 5.41) is 8.97. The standard InChI is InChI=1S/C20H32N6O2/c1-2-23-9-11-25(12-10-23)19-4-3-18(21-22-19)24-7-5-17(6-8-24)20(27)26-13-15-28-16-14-26/h3-4,17H,2,5-16H2,1H3. The van der Waals surface area contributed by atoms with Gasteiger partial charge in [0, 0.05) is 58.3 Å². The summed E-state index contributed by atoms with van der Waals surface area (Å²) in [6, 6.07) is 4.17. The molecule has 3 aliphatic rings. The number of hydrogen-bond acceptors (Lipinski definition) is 7. The fraction of sp³-hybridized carbons (Fsp3) is 0.750. The fourth-order valence-corrected chi connectivity index (χ4v) is 4.35. The number of aromatic nitrogens is 2. The third-order valence-corrected chi connectivity index (χ3v) is 6.27. The van der Waals surface area contributed by atoms with E-state index in [1.807, 2.05) is 4.90 Å². The van der Waals surface area contributed by atoms with Crippen molar-refractivity contribution in [3.8, 4) is 0 Å². The van der Waals surface area contributed by atoms with E-state index >= 15 is 0 Å². The Kier molecular flexibility index (Phi) is 6.26. The maximum Gasteiger partial charge on any atom is 0.225 e. The molecule has 28 heavy (non-hydrogen) atoms. The second-order valence-corrected chi connectivity index (χ2v) is 7.87. The zero-order valence-corrected chi connectivity index (χ0v) is 16.9. The van der Waals surface area contributed by atoms with Gasteiger partial charge in [-0.2, -0.15) is 0 Å². The molecule has 0 radical (unpaired) electrons. The summed E-state index contributed by atoms with van der Waals surface area (Å²) in [4.78, 5) is 21.7. The molecule has 154 valence electrons. The fourth-order valence-electron chi connectivity index (χ4n) is 4.35. The number of ether oxygens (including phenoxy) is 1. The van der Waals surface area contributed by atoms with Gasteiger partial charge in [0.2, 0.25) is 5.91 Å². The normalized spacial score (nSPS) is 22.5. The Hall–Kier alpha value is -1.93. The van der Waals surface area contributed by atoms with Gasteiger partial charge in [0.15, 0.2) is 11.6 Å². The molecular weight excluding hydrogens is 356 g/mol. The minimum Gasteiger partial charge on any atom is -0.378 e. The molecular formula is C20H32N6O2. The lowest BCUT2D eigenvalue weighted by molar-refractivity contribution is -0.140. The Morgan fingerprint density at radius 3 is 2.04 bits per heavy atom. The van der Waals surface area contributed by atoms with Gasteiger partial charge in [0.05, 0.1) is 13.2 Å². The largest absolute Gasteiger partial charge is 0.378 e. The van der Waals surface area contributed by atoms with Gasteiger partial charge >= 0.3 is 0 Å². The molecule has 0 aliphatic carbocycles. The van der Waals surface area contributed by atoms with E-state index in [0.29, 0.717) is 19.1 Å². The molecule has 4 heterocycles. The first kappa shape index (κ1) is 19.4. The summed E-state index contributed by atoms with van der Waals surface area (Å²) in [5.41, 5.74) is 0. The molecule has 8 nitrogen and oxygen atoms in total. The van der Waals surface area contributed by atoms with Crippen molar-refractivity contribution in [1.29, 1.82) is 0 Å². The number of anilines is 2. The summed E-state index contributed by atoms with van der Waals surface area (Å²) in [7, 11) is 0. The molecule has 1 amide bonds. The molecule has 4 rings (SSSR count). The lowest BCUT2D eigenvalue weighted by Crippen LogP contribution is -2.47. The highest BCUT2D eigenvalue weighted by molar-refractivity contribution is 5.79. The van der Waals surface area contributed by atoms with Gasteiger partial charge in [-0.05, 0) is 31.5 Å². The van der Waals surface area contributed by atoms with Crippen LogP contribution >= 0.6 is 0 Å². The van der Waals surface area contributed by atoms with Crippen molar-refractivity contribution in [3.05, 3.63) is 12.1 Å². The predicted octanol–water partition coefficient (Wildman–Crippen LogP) is 0.694. The van der Waals surface area contributed by atoms with Crippen LogP contribution in [0.2, 0.25) is 0 Å². The molecule has 0 saturated carbocycles. The van der Waals surface area contributed by atoms with Crippen LogP contribution in [0.25, 0.3) is 0 Å². The lowest BCUT2D eigenvalue weighted by atomic mass is 9.95. The minimum atomic E-state index is 0.136. The van der Waals surface area contributed by atoms with Crippen LogP contribution in [0.5, 0.6) is 0 Å². The molecule has 3 aliphatic heterocycles. The zero-order chi connectivity index (χ0) is 19.3. The van der Waals surface area contributed by atoms with Gasteiger partial charge in [-0.15, -0.1) is 10.2 Å². The molecule has 0 bridgehead atoms. The first-order chi connectivity index (χ1) is 13.7. The number of hydrogen-bond donors (Lipinski definition) is 0. The average molecular weight is 389 g/mol. The zero-order valence-electron chi connectivity index (χ0n) is 16.9. The molecule has 1 aromatic rings. The van der Waals surface area contributed by atoms with Crippen molar-refractivity contribution in [1.82, 2.24) is 20.0 Å². The average Bonchev–Trinajstić information content (AvgIpc) is 2.79. The molecule has 0 atom stereocenters. The summed E-state index contributed by atoms with van der Waals surface area (Å²) in [6.07, 6.45) is 1.77.